The van der Waals surface area contributed by atoms with E-state index in [2.05, 4.69) is 6.92 Å². The van der Waals surface area contributed by atoms with E-state index in [4.69, 9.17) is 4.74 Å². The maximum atomic E-state index is 14.0. The molecule has 340 valence electrons. The van der Waals surface area contributed by atoms with Crippen molar-refractivity contribution in [3.8, 4) is 0 Å². The van der Waals surface area contributed by atoms with Crippen LogP contribution >= 0.6 is 0 Å². The van der Waals surface area contributed by atoms with Crippen molar-refractivity contribution in [3.63, 3.8) is 0 Å². The number of allylic oxidation sites excluding steroid dienone is 6. The number of ether oxygens (including phenoxy) is 1. The van der Waals surface area contributed by atoms with Gasteiger partial charge in [-0.2, -0.15) is 0 Å². The molecule has 60 heavy (non-hydrogen) atoms. The van der Waals surface area contributed by atoms with Gasteiger partial charge in [-0.3, -0.25) is 14.4 Å². The lowest BCUT2D eigenvalue weighted by Crippen LogP contribution is -2.47. The van der Waals surface area contributed by atoms with Crippen molar-refractivity contribution in [3.05, 3.63) is 47.6 Å². The molecule has 5 N–H and O–H groups in total. The standard InChI is InChI=1S/C49H79NO10/c1-30-14-11-10-12-15-32(3)41(52)25-31(2)17-18-37(8)49(9,59)29-44(54)50-23-13-16-40(50)48(58)60-43(34(5)27-38-19-21-39(51)22-20-38)28-42(53)33(4)26-36(7)46(56)47(57)45(55)35(6)24-30/h10-12,14-15,26,30-31,33-35,37-41,43,46-47,51-52,56-57,59H,13,16-25,27-29H2,1-9H3/b12-10+,14-11+,32-15+,36-26+/t30-,31+,33-,34-,35-,37-,38-,39-,40?,41+,43+,46-,47+,49-/m1/s1. The van der Waals surface area contributed by atoms with Crippen molar-refractivity contribution in [1.29, 1.82) is 0 Å². The number of rotatable bonds is 3. The number of aliphatic hydroxyl groups excluding tert-OH is 4. The number of carbonyl (C=O) groups is 4. The summed E-state index contributed by atoms with van der Waals surface area (Å²) >= 11 is 0. The SMILES string of the molecule is C/C1=C\[C@@H](C)C(=O)C[C@@H]([C@H](C)C[C@H]2CC[C@H](O)CC2)OC(=O)C2CCCN2C(=O)C[C@@](C)(O)[C@H](C)CC[C@H](C)C[C@H](O)/C(C)=C/C=C/C=C/[C@@H](C)C[C@@H](C)C(=O)[C@H](O)[C@@H]1O. The van der Waals surface area contributed by atoms with E-state index in [0.29, 0.717) is 63.8 Å². The van der Waals surface area contributed by atoms with E-state index in [1.165, 1.54) is 4.90 Å². The molecule has 2 aliphatic heterocycles. The van der Waals surface area contributed by atoms with E-state index in [-0.39, 0.29) is 59.9 Å². The average molecular weight is 842 g/mol. The highest BCUT2D eigenvalue weighted by molar-refractivity contribution is 5.87. The van der Waals surface area contributed by atoms with Gasteiger partial charge in [0.25, 0.3) is 0 Å². The first-order valence-electron chi connectivity index (χ1n) is 22.8. The van der Waals surface area contributed by atoms with Crippen molar-refractivity contribution in [1.82, 2.24) is 4.90 Å². The minimum Gasteiger partial charge on any atom is -0.460 e. The maximum absolute atomic E-state index is 14.0. The minimum atomic E-state index is -1.67. The average Bonchev–Trinajstić information content (AvgIpc) is 3.69. The molecule has 0 radical (unpaired) electrons. The number of aliphatic hydroxyl groups is 5. The third kappa shape index (κ3) is 15.7. The summed E-state index contributed by atoms with van der Waals surface area (Å²) in [6.07, 6.45) is 13.0. The van der Waals surface area contributed by atoms with E-state index in [0.717, 1.165) is 24.8 Å². The fourth-order valence-electron chi connectivity index (χ4n) is 9.12. The molecule has 1 saturated carbocycles. The molecule has 1 aliphatic carbocycles. The Bertz CT molecular complexity index is 1540. The van der Waals surface area contributed by atoms with Gasteiger partial charge in [-0.05, 0) is 126 Å². The molecule has 2 heterocycles. The lowest BCUT2D eigenvalue weighted by Gasteiger charge is -2.34. The molecule has 11 nitrogen and oxygen atoms in total. The third-order valence-corrected chi connectivity index (χ3v) is 13.8. The van der Waals surface area contributed by atoms with E-state index >= 15 is 0 Å². The van der Waals surface area contributed by atoms with E-state index < -0.39 is 59.6 Å². The first kappa shape index (κ1) is 51.4. The molecule has 12 atom stereocenters. The van der Waals surface area contributed by atoms with Crippen LogP contribution in [0.3, 0.4) is 0 Å². The highest BCUT2D eigenvalue weighted by atomic mass is 16.5. The van der Waals surface area contributed by atoms with Gasteiger partial charge in [-0.25, -0.2) is 4.79 Å². The summed E-state index contributed by atoms with van der Waals surface area (Å²) in [4.78, 5) is 56.4. The highest BCUT2D eigenvalue weighted by Crippen LogP contribution is 2.34. The van der Waals surface area contributed by atoms with Crippen LogP contribution < -0.4 is 0 Å². The predicted molar refractivity (Wildman–Crippen MR) is 234 cm³/mol. The minimum absolute atomic E-state index is 0.000513. The molecule has 1 unspecified atom stereocenters. The van der Waals surface area contributed by atoms with Crippen LogP contribution in [0.5, 0.6) is 0 Å². The number of amides is 1. The number of nitrogens with zero attached hydrogens (tertiary/aromatic N) is 1. The molecule has 1 saturated heterocycles. The molecule has 0 aromatic carbocycles. The summed E-state index contributed by atoms with van der Waals surface area (Å²) in [6.45, 7) is 16.8. The maximum Gasteiger partial charge on any atom is 0.329 e. The van der Waals surface area contributed by atoms with Crippen molar-refractivity contribution >= 4 is 23.4 Å². The molecule has 0 aromatic heterocycles. The molecule has 0 bridgehead atoms. The fourth-order valence-corrected chi connectivity index (χ4v) is 9.12. The van der Waals surface area contributed by atoms with Gasteiger partial charge in [-0.15, -0.1) is 0 Å². The molecular weight excluding hydrogens is 763 g/mol. The Labute approximate surface area is 360 Å². The molecule has 3 rings (SSSR count). The molecule has 2 fully saturated rings. The number of fused-ring (bicyclic) bond motifs is 1. The van der Waals surface area contributed by atoms with Gasteiger partial charge < -0.3 is 35.2 Å². The summed E-state index contributed by atoms with van der Waals surface area (Å²) in [5.74, 6) is -2.86. The number of ketones is 2. The van der Waals surface area contributed by atoms with Gasteiger partial charge in [0, 0.05) is 24.8 Å². The summed E-state index contributed by atoms with van der Waals surface area (Å²) < 4.78 is 6.21. The van der Waals surface area contributed by atoms with Crippen molar-refractivity contribution < 1.29 is 49.4 Å². The number of carbonyl (C=O) groups excluding carboxylic acids is 4. The van der Waals surface area contributed by atoms with Crippen LogP contribution in [0.1, 0.15) is 146 Å². The van der Waals surface area contributed by atoms with Gasteiger partial charge in [-0.1, -0.05) is 84.4 Å². The first-order chi connectivity index (χ1) is 28.1. The van der Waals surface area contributed by atoms with Gasteiger partial charge in [0.15, 0.2) is 5.78 Å². The largest absolute Gasteiger partial charge is 0.460 e. The van der Waals surface area contributed by atoms with Crippen LogP contribution in [-0.2, 0) is 23.9 Å². The molecule has 11 heteroatoms. The Kier molecular flexibility index (Phi) is 20.6. The third-order valence-electron chi connectivity index (χ3n) is 13.8. The first-order valence-corrected chi connectivity index (χ1v) is 22.8. The number of esters is 1. The number of cyclic esters (lactones) is 1. The Morgan fingerprint density at radius 2 is 1.50 bits per heavy atom. The van der Waals surface area contributed by atoms with Crippen LogP contribution in [-0.4, -0.2) is 103 Å². The van der Waals surface area contributed by atoms with Crippen LogP contribution in [0.2, 0.25) is 0 Å². The second-order valence-corrected chi connectivity index (χ2v) is 19.4. The van der Waals surface area contributed by atoms with Crippen LogP contribution in [0, 0.1) is 41.4 Å². The smallest absolute Gasteiger partial charge is 0.329 e. The van der Waals surface area contributed by atoms with E-state index in [1.807, 2.05) is 58.1 Å². The monoisotopic (exact) mass is 842 g/mol. The Hall–Kier alpha value is -2.96. The summed E-state index contributed by atoms with van der Waals surface area (Å²) in [7, 11) is 0. The van der Waals surface area contributed by atoms with E-state index in [1.54, 1.807) is 33.8 Å². The zero-order chi connectivity index (χ0) is 44.9. The number of hydrogen-bond acceptors (Lipinski definition) is 10. The van der Waals surface area contributed by atoms with Crippen molar-refractivity contribution in [2.75, 3.05) is 6.54 Å². The molecule has 1 amide bonds. The second-order valence-electron chi connectivity index (χ2n) is 19.4. The Balaban J connectivity index is 1.90. The summed E-state index contributed by atoms with van der Waals surface area (Å²) in [5.41, 5.74) is -0.224. The molecule has 0 aromatic rings. The molecule has 0 spiro atoms. The quantitative estimate of drug-likeness (QED) is 0.147. The summed E-state index contributed by atoms with van der Waals surface area (Å²) in [6, 6.07) is -0.842. The summed E-state index contributed by atoms with van der Waals surface area (Å²) in [5, 5.41) is 54.6. The zero-order valence-corrected chi connectivity index (χ0v) is 38.1. The van der Waals surface area contributed by atoms with Crippen molar-refractivity contribution in [2.45, 2.75) is 188 Å². The second kappa shape index (κ2) is 24.0. The molecular formula is C49H79NO10. The van der Waals surface area contributed by atoms with Gasteiger partial charge >= 0.3 is 5.97 Å². The van der Waals surface area contributed by atoms with Crippen LogP contribution in [0.25, 0.3) is 0 Å². The number of hydrogen-bond donors (Lipinski definition) is 5. The van der Waals surface area contributed by atoms with Gasteiger partial charge in [0.05, 0.1) is 24.2 Å². The lowest BCUT2D eigenvalue weighted by molar-refractivity contribution is -0.163. The Morgan fingerprint density at radius 1 is 0.833 bits per heavy atom. The van der Waals surface area contributed by atoms with Crippen LogP contribution in [0.15, 0.2) is 47.6 Å². The molecule has 3 aliphatic rings. The fraction of sp³-hybridized carbons (Fsp3) is 0.755. The normalized spacial score (nSPS) is 40.8. The van der Waals surface area contributed by atoms with Gasteiger partial charge in [0.1, 0.15) is 30.1 Å². The Morgan fingerprint density at radius 3 is 2.17 bits per heavy atom. The van der Waals surface area contributed by atoms with Crippen molar-refractivity contribution in [2.24, 2.45) is 41.4 Å². The lowest BCUT2D eigenvalue weighted by atomic mass is 9.79. The highest BCUT2D eigenvalue weighted by Gasteiger charge is 2.41. The predicted octanol–water partition coefficient (Wildman–Crippen LogP) is 6.98. The zero-order valence-electron chi connectivity index (χ0n) is 38.1. The number of Topliss-reactive ketones (excluding diaryl/α,β-unsaturated/α-hetero) is 2. The van der Waals surface area contributed by atoms with E-state index in [9.17, 15) is 44.7 Å². The topological polar surface area (TPSA) is 182 Å². The van der Waals surface area contributed by atoms with Crippen LogP contribution in [0.4, 0.5) is 0 Å². The van der Waals surface area contributed by atoms with Gasteiger partial charge in [0.2, 0.25) is 5.91 Å².